The number of hydrogen-bond acceptors (Lipinski definition) is 5. The van der Waals surface area contributed by atoms with Crippen molar-refractivity contribution in [3.63, 3.8) is 0 Å². The van der Waals surface area contributed by atoms with Gasteiger partial charge in [-0.15, -0.1) is 0 Å². The predicted molar refractivity (Wildman–Crippen MR) is 119 cm³/mol. The maximum absolute atomic E-state index is 13.2. The van der Waals surface area contributed by atoms with E-state index in [9.17, 15) is 14.4 Å². The van der Waals surface area contributed by atoms with E-state index >= 15 is 0 Å². The van der Waals surface area contributed by atoms with Gasteiger partial charge in [0, 0.05) is 23.8 Å². The highest BCUT2D eigenvalue weighted by Gasteiger charge is 2.38. The molecule has 1 amide bonds. The van der Waals surface area contributed by atoms with Gasteiger partial charge in [-0.25, -0.2) is 4.39 Å². The van der Waals surface area contributed by atoms with Crippen LogP contribution < -0.4 is 11.1 Å². The number of aromatic nitrogens is 3. The van der Waals surface area contributed by atoms with Crippen LogP contribution in [0.4, 0.5) is 15.9 Å². The summed E-state index contributed by atoms with van der Waals surface area (Å²) in [4.78, 5) is 16.5. The molecule has 32 heavy (non-hydrogen) atoms. The largest absolute Gasteiger partial charge is 0.365 e. The first kappa shape index (κ1) is 21.5. The number of carbonyl (C=O) groups excluding carboxylic acids is 1. The number of hydrogen-bond donors (Lipinski definition) is 2. The topological polar surface area (TPSA) is 110 Å². The first-order valence-electron chi connectivity index (χ1n) is 10.7. The van der Waals surface area contributed by atoms with Crippen LogP contribution in [0.1, 0.15) is 48.2 Å². The fraction of sp³-hybridized carbons (Fsp3) is 0.333. The molecule has 1 aliphatic rings. The molecule has 164 valence electrons. The van der Waals surface area contributed by atoms with Crippen molar-refractivity contribution in [2.45, 2.75) is 44.1 Å². The highest BCUT2D eigenvalue weighted by Crippen LogP contribution is 2.41. The quantitative estimate of drug-likeness (QED) is 0.578. The Morgan fingerprint density at radius 1 is 1.25 bits per heavy atom. The maximum atomic E-state index is 13.2. The molecule has 1 aliphatic carbocycles. The number of amides is 1. The van der Waals surface area contributed by atoms with Crippen molar-refractivity contribution in [3.05, 3.63) is 71.9 Å². The molecular weight excluding hydrogens is 407 g/mol. The molecule has 1 saturated carbocycles. The molecular formula is C24H25FN6O. The third-order valence-electron chi connectivity index (χ3n) is 6.24. The Hall–Kier alpha value is -3.73. The SMILES string of the molecule is N#CCC1(n2cc(C(N)=O)c(Nc3ccc(F)cc3)n2)CCC(Cc2ccccn2)CC1. The van der Waals surface area contributed by atoms with Gasteiger partial charge in [0.05, 0.1) is 18.0 Å². The smallest absolute Gasteiger partial charge is 0.254 e. The number of rotatable bonds is 7. The molecule has 1 aromatic carbocycles. The van der Waals surface area contributed by atoms with Crippen LogP contribution in [-0.2, 0) is 12.0 Å². The zero-order valence-corrected chi connectivity index (χ0v) is 17.7. The number of nitrogens with zero attached hydrogens (tertiary/aromatic N) is 4. The van der Waals surface area contributed by atoms with E-state index in [2.05, 4.69) is 21.5 Å². The zero-order valence-electron chi connectivity index (χ0n) is 17.7. The second-order valence-corrected chi connectivity index (χ2v) is 8.36. The van der Waals surface area contributed by atoms with E-state index in [1.54, 1.807) is 23.0 Å². The van der Waals surface area contributed by atoms with Crippen molar-refractivity contribution in [1.82, 2.24) is 14.8 Å². The summed E-state index contributed by atoms with van der Waals surface area (Å²) in [6, 6.07) is 14.0. The number of anilines is 2. The second kappa shape index (κ2) is 9.18. The minimum atomic E-state index is -0.614. The van der Waals surface area contributed by atoms with E-state index in [4.69, 9.17) is 5.73 Å². The molecule has 2 aromatic heterocycles. The minimum absolute atomic E-state index is 0.238. The number of carbonyl (C=O) groups is 1. The molecule has 4 rings (SSSR count). The second-order valence-electron chi connectivity index (χ2n) is 8.36. The van der Waals surface area contributed by atoms with Crippen LogP contribution in [0, 0.1) is 23.1 Å². The van der Waals surface area contributed by atoms with Crippen LogP contribution >= 0.6 is 0 Å². The van der Waals surface area contributed by atoms with Crippen LogP contribution in [0.5, 0.6) is 0 Å². The lowest BCUT2D eigenvalue weighted by atomic mass is 9.73. The number of nitrogens with one attached hydrogen (secondary N) is 1. The number of benzene rings is 1. The Kier molecular flexibility index (Phi) is 6.17. The van der Waals surface area contributed by atoms with Gasteiger partial charge in [0.25, 0.3) is 5.91 Å². The number of primary amides is 1. The Bertz CT molecular complexity index is 1110. The van der Waals surface area contributed by atoms with Crippen molar-refractivity contribution >= 4 is 17.4 Å². The molecule has 7 nitrogen and oxygen atoms in total. The number of halogens is 1. The molecule has 8 heteroatoms. The van der Waals surface area contributed by atoms with Gasteiger partial charge in [-0.3, -0.25) is 14.5 Å². The third-order valence-corrected chi connectivity index (χ3v) is 6.24. The molecule has 0 saturated heterocycles. The monoisotopic (exact) mass is 432 g/mol. The Morgan fingerprint density at radius 2 is 2.00 bits per heavy atom. The molecule has 0 radical (unpaired) electrons. The lowest BCUT2D eigenvalue weighted by Crippen LogP contribution is -2.38. The van der Waals surface area contributed by atoms with E-state index < -0.39 is 11.4 Å². The normalized spacial score (nSPS) is 20.4. The van der Waals surface area contributed by atoms with Crippen LogP contribution in [0.2, 0.25) is 0 Å². The molecule has 0 bridgehead atoms. The van der Waals surface area contributed by atoms with Crippen LogP contribution in [0.3, 0.4) is 0 Å². The van der Waals surface area contributed by atoms with Crippen LogP contribution in [0.15, 0.2) is 54.9 Å². The fourth-order valence-electron chi connectivity index (χ4n) is 4.43. The van der Waals surface area contributed by atoms with Gasteiger partial charge in [0.1, 0.15) is 11.4 Å². The maximum Gasteiger partial charge on any atom is 0.254 e. The summed E-state index contributed by atoms with van der Waals surface area (Å²) in [7, 11) is 0. The lowest BCUT2D eigenvalue weighted by Gasteiger charge is -2.39. The van der Waals surface area contributed by atoms with Gasteiger partial charge in [0.15, 0.2) is 5.82 Å². The van der Waals surface area contributed by atoms with E-state index in [-0.39, 0.29) is 11.4 Å². The molecule has 0 atom stereocenters. The molecule has 3 N–H and O–H groups in total. The number of pyridine rings is 1. The first-order chi connectivity index (χ1) is 15.5. The molecule has 0 spiro atoms. The standard InChI is InChI=1S/C24H25FN6O/c25-18-4-6-19(7-5-18)29-23-21(22(27)32)16-31(30-23)24(12-13-26)10-8-17(9-11-24)15-20-3-1-2-14-28-20/h1-7,14,16-17H,8-12,15H2,(H2,27,32)(H,29,30). The average molecular weight is 433 g/mol. The zero-order chi connectivity index (χ0) is 22.6. The Morgan fingerprint density at radius 3 is 2.62 bits per heavy atom. The molecule has 0 unspecified atom stereocenters. The molecule has 3 aromatic rings. The summed E-state index contributed by atoms with van der Waals surface area (Å²) >= 11 is 0. The van der Waals surface area contributed by atoms with Crippen molar-refractivity contribution in [1.29, 1.82) is 5.26 Å². The summed E-state index contributed by atoms with van der Waals surface area (Å²) in [5.74, 6) is -0.180. The van der Waals surface area contributed by atoms with E-state index in [0.29, 0.717) is 23.8 Å². The van der Waals surface area contributed by atoms with E-state index in [0.717, 1.165) is 37.8 Å². The first-order valence-corrected chi connectivity index (χ1v) is 10.7. The van der Waals surface area contributed by atoms with Crippen LogP contribution in [0.25, 0.3) is 0 Å². The van der Waals surface area contributed by atoms with Gasteiger partial charge in [-0.2, -0.15) is 10.4 Å². The Labute approximate surface area is 186 Å². The molecule has 1 fully saturated rings. The summed E-state index contributed by atoms with van der Waals surface area (Å²) < 4.78 is 15.0. The predicted octanol–water partition coefficient (Wildman–Crippen LogP) is 4.30. The molecule has 2 heterocycles. The Balaban J connectivity index is 1.56. The van der Waals surface area contributed by atoms with Gasteiger partial charge >= 0.3 is 0 Å². The number of nitrogens with two attached hydrogens (primary N) is 1. The van der Waals surface area contributed by atoms with Crippen molar-refractivity contribution in [3.8, 4) is 6.07 Å². The highest BCUT2D eigenvalue weighted by atomic mass is 19.1. The van der Waals surface area contributed by atoms with Crippen molar-refractivity contribution in [2.75, 3.05) is 5.32 Å². The van der Waals surface area contributed by atoms with Crippen molar-refractivity contribution in [2.24, 2.45) is 11.7 Å². The summed E-state index contributed by atoms with van der Waals surface area (Å²) in [6.07, 6.45) is 8.05. The van der Waals surface area contributed by atoms with Gasteiger partial charge in [-0.05, 0) is 74.4 Å². The fourth-order valence-corrected chi connectivity index (χ4v) is 4.43. The third kappa shape index (κ3) is 4.62. The van der Waals surface area contributed by atoms with Gasteiger partial charge < -0.3 is 11.1 Å². The highest BCUT2D eigenvalue weighted by molar-refractivity contribution is 5.98. The van der Waals surface area contributed by atoms with Crippen LogP contribution in [-0.4, -0.2) is 20.7 Å². The summed E-state index contributed by atoms with van der Waals surface area (Å²) in [6.45, 7) is 0. The van der Waals surface area contributed by atoms with Gasteiger partial charge in [0.2, 0.25) is 0 Å². The summed E-state index contributed by atoms with van der Waals surface area (Å²) in [5, 5.41) is 17.2. The molecule has 0 aliphatic heterocycles. The van der Waals surface area contributed by atoms with E-state index in [1.807, 2.05) is 24.4 Å². The summed E-state index contributed by atoms with van der Waals surface area (Å²) in [5.41, 5.74) is 7.00. The van der Waals surface area contributed by atoms with E-state index in [1.165, 1.54) is 12.1 Å². The minimum Gasteiger partial charge on any atom is -0.365 e. The average Bonchev–Trinajstić information content (AvgIpc) is 3.22. The lowest BCUT2D eigenvalue weighted by molar-refractivity contribution is 0.1000. The number of nitriles is 1. The van der Waals surface area contributed by atoms with Crippen molar-refractivity contribution < 1.29 is 9.18 Å². The van der Waals surface area contributed by atoms with Gasteiger partial charge in [-0.1, -0.05) is 6.07 Å².